The summed E-state index contributed by atoms with van der Waals surface area (Å²) < 4.78 is 10.5. The summed E-state index contributed by atoms with van der Waals surface area (Å²) in [5.41, 5.74) is -0.584. The highest BCUT2D eigenvalue weighted by molar-refractivity contribution is 8.16. The van der Waals surface area contributed by atoms with Crippen LogP contribution in [0.5, 0.6) is 5.75 Å². The molecule has 0 aromatic carbocycles. The van der Waals surface area contributed by atoms with E-state index in [0.29, 0.717) is 23.7 Å². The van der Waals surface area contributed by atoms with Crippen LogP contribution in [0.15, 0.2) is 31.3 Å². The van der Waals surface area contributed by atoms with Gasteiger partial charge in [-0.05, 0) is 26.2 Å². The van der Waals surface area contributed by atoms with Gasteiger partial charge in [0.25, 0.3) is 0 Å². The van der Waals surface area contributed by atoms with Gasteiger partial charge in [-0.15, -0.1) is 11.8 Å². The van der Waals surface area contributed by atoms with E-state index in [4.69, 9.17) is 9.15 Å². The van der Waals surface area contributed by atoms with Gasteiger partial charge in [-0.3, -0.25) is 14.8 Å². The first-order valence-corrected chi connectivity index (χ1v) is 9.83. The Morgan fingerprint density at radius 1 is 1.48 bits per heavy atom. The van der Waals surface area contributed by atoms with Gasteiger partial charge in [0.1, 0.15) is 22.1 Å². The van der Waals surface area contributed by atoms with Crippen molar-refractivity contribution in [3.8, 4) is 5.75 Å². The zero-order valence-corrected chi connectivity index (χ0v) is 17.5. The highest BCUT2D eigenvalue weighted by Gasteiger charge is 2.40. The Balaban J connectivity index is 2.29. The Bertz CT molecular complexity index is 815. The quantitative estimate of drug-likeness (QED) is 0.719. The van der Waals surface area contributed by atoms with Gasteiger partial charge in [0.05, 0.1) is 24.9 Å². The standard InChI is InChI=1S/C19H27N3O4S/c1-11(2)7-14(15-8-13(25-6)9-16(23)26-15)21-18(24)19(4)10-27-17(22-19)12(3)20-5/h8-9,11,14H,7,10H2,1-6H3,(H,21,24)/t14-,19+/m1/s1. The van der Waals surface area contributed by atoms with Gasteiger partial charge in [0.2, 0.25) is 5.91 Å². The summed E-state index contributed by atoms with van der Waals surface area (Å²) in [6.07, 6.45) is 0.622. The molecule has 8 heteroatoms. The van der Waals surface area contributed by atoms with Crippen molar-refractivity contribution < 1.29 is 13.9 Å². The lowest BCUT2D eigenvalue weighted by Gasteiger charge is -2.25. The molecule has 0 aliphatic carbocycles. The highest BCUT2D eigenvalue weighted by atomic mass is 32.2. The van der Waals surface area contributed by atoms with E-state index >= 15 is 0 Å². The molecule has 148 valence electrons. The number of nitrogens with zero attached hydrogens (tertiary/aromatic N) is 2. The topological polar surface area (TPSA) is 93.3 Å². The maximum Gasteiger partial charge on any atom is 0.339 e. The number of rotatable bonds is 7. The van der Waals surface area contributed by atoms with Gasteiger partial charge >= 0.3 is 5.63 Å². The van der Waals surface area contributed by atoms with Crippen molar-refractivity contribution in [3.63, 3.8) is 0 Å². The average molecular weight is 394 g/mol. The van der Waals surface area contributed by atoms with E-state index < -0.39 is 17.2 Å². The lowest BCUT2D eigenvalue weighted by Crippen LogP contribution is -2.45. The molecule has 7 nitrogen and oxygen atoms in total. The third-order valence-electron chi connectivity index (χ3n) is 4.33. The fraction of sp³-hybridized carbons (Fsp3) is 0.579. The van der Waals surface area contributed by atoms with Crippen molar-refractivity contribution in [3.05, 3.63) is 28.3 Å². The van der Waals surface area contributed by atoms with Crippen molar-refractivity contribution in [1.82, 2.24) is 5.32 Å². The second kappa shape index (κ2) is 8.73. The molecular formula is C19H27N3O4S. The van der Waals surface area contributed by atoms with E-state index in [1.165, 1.54) is 24.9 Å². The molecule has 1 amide bonds. The molecule has 1 aromatic rings. The Hall–Kier alpha value is -2.09. The minimum atomic E-state index is -0.889. The second-order valence-corrected chi connectivity index (χ2v) is 8.13. The number of carbonyl (C=O) groups is 1. The minimum absolute atomic E-state index is 0.204. The minimum Gasteiger partial charge on any atom is -0.496 e. The van der Waals surface area contributed by atoms with Crippen LogP contribution in [0.25, 0.3) is 0 Å². The Labute approximate surface area is 163 Å². The predicted octanol–water partition coefficient (Wildman–Crippen LogP) is 2.85. The Morgan fingerprint density at radius 2 is 2.19 bits per heavy atom. The molecule has 2 heterocycles. The summed E-state index contributed by atoms with van der Waals surface area (Å²) in [5.74, 6) is 1.40. The summed E-state index contributed by atoms with van der Waals surface area (Å²) >= 11 is 1.52. The number of hydrogen-bond donors (Lipinski definition) is 1. The Morgan fingerprint density at radius 3 is 2.78 bits per heavy atom. The van der Waals surface area contributed by atoms with Crippen LogP contribution < -0.4 is 15.7 Å². The van der Waals surface area contributed by atoms with Crippen LogP contribution in [0.1, 0.15) is 45.9 Å². The molecule has 0 unspecified atom stereocenters. The van der Waals surface area contributed by atoms with Gasteiger partial charge in [-0.25, -0.2) is 4.79 Å². The second-order valence-electron chi connectivity index (χ2n) is 7.16. The van der Waals surface area contributed by atoms with Gasteiger partial charge < -0.3 is 14.5 Å². The number of ether oxygens (including phenoxy) is 1. The molecule has 0 spiro atoms. The van der Waals surface area contributed by atoms with E-state index in [9.17, 15) is 9.59 Å². The largest absolute Gasteiger partial charge is 0.496 e. The SMILES string of the molecule is CN=C(C)C1=N[C@](C)(C(=O)N[C@H](CC(C)C)c2cc(OC)cc(=O)o2)CS1. The summed E-state index contributed by atoms with van der Waals surface area (Å²) in [4.78, 5) is 33.6. The van der Waals surface area contributed by atoms with Crippen molar-refractivity contribution in [2.24, 2.45) is 15.9 Å². The van der Waals surface area contributed by atoms with Crippen LogP contribution >= 0.6 is 11.8 Å². The number of carbonyl (C=O) groups excluding carboxylic acids is 1. The van der Waals surface area contributed by atoms with E-state index in [0.717, 1.165) is 10.8 Å². The molecule has 0 fully saturated rings. The van der Waals surface area contributed by atoms with Crippen molar-refractivity contribution in [1.29, 1.82) is 0 Å². The summed E-state index contributed by atoms with van der Waals surface area (Å²) in [7, 11) is 3.19. The van der Waals surface area contributed by atoms with E-state index in [1.807, 2.05) is 20.8 Å². The van der Waals surface area contributed by atoms with Gasteiger partial charge in [-0.2, -0.15) is 0 Å². The normalized spacial score (nSPS) is 21.1. The lowest BCUT2D eigenvalue weighted by molar-refractivity contribution is -0.125. The maximum absolute atomic E-state index is 13.0. The molecule has 2 atom stereocenters. The van der Waals surface area contributed by atoms with Crippen molar-refractivity contribution >= 4 is 28.4 Å². The third-order valence-corrected chi connectivity index (χ3v) is 5.69. The van der Waals surface area contributed by atoms with Crippen molar-refractivity contribution in [2.45, 2.75) is 45.7 Å². The molecule has 1 N–H and O–H groups in total. The zero-order valence-electron chi connectivity index (χ0n) is 16.7. The molecule has 0 radical (unpaired) electrons. The first-order valence-electron chi connectivity index (χ1n) is 8.85. The van der Waals surface area contributed by atoms with E-state index in [-0.39, 0.29) is 11.8 Å². The van der Waals surface area contributed by atoms with Crippen LogP contribution in [0.4, 0.5) is 0 Å². The molecule has 1 aromatic heterocycles. The van der Waals surface area contributed by atoms with Crippen LogP contribution in [-0.2, 0) is 4.79 Å². The van der Waals surface area contributed by atoms with Gasteiger partial charge in [0, 0.05) is 18.9 Å². The van der Waals surface area contributed by atoms with Crippen LogP contribution in [0, 0.1) is 5.92 Å². The lowest BCUT2D eigenvalue weighted by atomic mass is 9.98. The summed E-state index contributed by atoms with van der Waals surface area (Å²) in [5, 5.41) is 3.80. The predicted molar refractivity (Wildman–Crippen MR) is 109 cm³/mol. The summed E-state index contributed by atoms with van der Waals surface area (Å²) in [6, 6.07) is 2.47. The molecule has 1 aliphatic rings. The first-order chi connectivity index (χ1) is 12.7. The fourth-order valence-electron chi connectivity index (χ4n) is 2.69. The third kappa shape index (κ3) is 5.22. The van der Waals surface area contributed by atoms with Crippen LogP contribution in [0.3, 0.4) is 0 Å². The van der Waals surface area contributed by atoms with E-state index in [1.54, 1.807) is 20.0 Å². The molecule has 0 bridgehead atoms. The van der Waals surface area contributed by atoms with Gasteiger partial charge in [0.15, 0.2) is 0 Å². The number of amides is 1. The summed E-state index contributed by atoms with van der Waals surface area (Å²) in [6.45, 7) is 7.77. The van der Waals surface area contributed by atoms with Crippen LogP contribution in [-0.4, -0.2) is 42.1 Å². The molecular weight excluding hydrogens is 366 g/mol. The fourth-order valence-corrected chi connectivity index (χ4v) is 3.87. The number of aliphatic imine (C=N–C) groups is 2. The molecule has 27 heavy (non-hydrogen) atoms. The molecule has 0 saturated carbocycles. The zero-order chi connectivity index (χ0) is 20.2. The monoisotopic (exact) mass is 393 g/mol. The highest BCUT2D eigenvalue weighted by Crippen LogP contribution is 2.31. The molecule has 0 saturated heterocycles. The van der Waals surface area contributed by atoms with Gasteiger partial charge in [-0.1, -0.05) is 13.8 Å². The van der Waals surface area contributed by atoms with E-state index in [2.05, 4.69) is 15.3 Å². The number of nitrogens with one attached hydrogen (secondary N) is 1. The van der Waals surface area contributed by atoms with Crippen LogP contribution in [0.2, 0.25) is 0 Å². The molecule has 1 aliphatic heterocycles. The number of methoxy groups -OCH3 is 1. The first kappa shape index (κ1) is 21.2. The van der Waals surface area contributed by atoms with Crippen molar-refractivity contribution in [2.75, 3.05) is 19.9 Å². The number of thioether (sulfide) groups is 1. The Kier molecular flexibility index (Phi) is 6.86. The average Bonchev–Trinajstić information content (AvgIpc) is 3.03. The number of hydrogen-bond acceptors (Lipinski definition) is 7. The smallest absolute Gasteiger partial charge is 0.339 e. The molecule has 2 rings (SSSR count). The maximum atomic E-state index is 13.0.